The van der Waals surface area contributed by atoms with Gasteiger partial charge in [-0.1, -0.05) is 20.8 Å². The molecule has 1 unspecified atom stereocenters. The first-order valence-electron chi connectivity index (χ1n) is 7.71. The Kier molecular flexibility index (Phi) is 5.50. The third-order valence-corrected chi connectivity index (χ3v) is 3.45. The van der Waals surface area contributed by atoms with Crippen molar-refractivity contribution < 1.29 is 0 Å². The molecule has 0 radical (unpaired) electrons. The molecule has 0 saturated heterocycles. The minimum Gasteiger partial charge on any atom is -0.310 e. The van der Waals surface area contributed by atoms with Gasteiger partial charge in [-0.3, -0.25) is 4.68 Å². The van der Waals surface area contributed by atoms with Gasteiger partial charge >= 0.3 is 0 Å². The molecule has 0 spiro atoms. The van der Waals surface area contributed by atoms with Crippen molar-refractivity contribution in [2.75, 3.05) is 6.54 Å². The van der Waals surface area contributed by atoms with E-state index >= 15 is 0 Å². The van der Waals surface area contributed by atoms with Crippen LogP contribution < -0.4 is 5.32 Å². The van der Waals surface area contributed by atoms with E-state index in [1.165, 1.54) is 0 Å². The van der Waals surface area contributed by atoms with Gasteiger partial charge < -0.3 is 5.32 Å². The lowest BCUT2D eigenvalue weighted by atomic mass is 10.2. The number of hydrogen-bond acceptors (Lipinski definition) is 4. The largest absolute Gasteiger partial charge is 0.310 e. The first-order valence-corrected chi connectivity index (χ1v) is 7.71. The predicted octanol–water partition coefficient (Wildman–Crippen LogP) is 2.24. The molecule has 6 heteroatoms. The molecule has 0 amide bonds. The summed E-state index contributed by atoms with van der Waals surface area (Å²) in [7, 11) is 0. The minimum atomic E-state index is 0.435. The fraction of sp³-hybridized carbons (Fsp3) is 0.667. The van der Waals surface area contributed by atoms with Gasteiger partial charge in [0, 0.05) is 12.2 Å². The fourth-order valence-corrected chi connectivity index (χ4v) is 2.02. The maximum absolute atomic E-state index is 4.58. The molecule has 0 saturated carbocycles. The lowest BCUT2D eigenvalue weighted by Gasteiger charge is -2.08. The Morgan fingerprint density at radius 2 is 2.05 bits per heavy atom. The molecule has 0 aromatic carbocycles. The monoisotopic (exact) mass is 290 g/mol. The van der Waals surface area contributed by atoms with Gasteiger partial charge in [-0.15, -0.1) is 0 Å². The van der Waals surface area contributed by atoms with E-state index in [-0.39, 0.29) is 0 Å². The summed E-state index contributed by atoms with van der Waals surface area (Å²) in [4.78, 5) is 4.32. The number of aromatic nitrogens is 5. The van der Waals surface area contributed by atoms with E-state index in [1.807, 2.05) is 21.6 Å². The topological polar surface area (TPSA) is 60.6 Å². The summed E-state index contributed by atoms with van der Waals surface area (Å²) in [5.74, 6) is 1.47. The van der Waals surface area contributed by atoms with E-state index in [0.29, 0.717) is 25.0 Å². The van der Waals surface area contributed by atoms with Crippen LogP contribution in [0.4, 0.5) is 0 Å². The van der Waals surface area contributed by atoms with Crippen molar-refractivity contribution >= 4 is 0 Å². The molecule has 1 N–H and O–H groups in total. The van der Waals surface area contributed by atoms with Gasteiger partial charge in [-0.25, -0.2) is 9.67 Å². The average Bonchev–Trinajstić information content (AvgIpc) is 3.08. The van der Waals surface area contributed by atoms with Crippen LogP contribution in [0.25, 0.3) is 0 Å². The van der Waals surface area contributed by atoms with Crippen LogP contribution in [0, 0.1) is 5.92 Å². The zero-order valence-electron chi connectivity index (χ0n) is 13.5. The first-order chi connectivity index (χ1) is 10.1. The Bertz CT molecular complexity index is 542. The van der Waals surface area contributed by atoms with Crippen LogP contribution in [0.5, 0.6) is 0 Å². The molecule has 2 aromatic heterocycles. The van der Waals surface area contributed by atoms with E-state index < -0.39 is 0 Å². The molecule has 2 rings (SSSR count). The molecular weight excluding hydrogens is 264 g/mol. The van der Waals surface area contributed by atoms with Gasteiger partial charge in [0.1, 0.15) is 6.33 Å². The van der Waals surface area contributed by atoms with Crippen LogP contribution in [0.15, 0.2) is 18.6 Å². The van der Waals surface area contributed by atoms with E-state index in [0.717, 1.165) is 24.5 Å². The van der Waals surface area contributed by atoms with Crippen molar-refractivity contribution in [1.29, 1.82) is 0 Å². The zero-order chi connectivity index (χ0) is 15.2. The summed E-state index contributed by atoms with van der Waals surface area (Å²) in [5, 5.41) is 12.4. The molecule has 0 aliphatic carbocycles. The number of nitrogens with one attached hydrogen (secondary N) is 1. The van der Waals surface area contributed by atoms with Crippen LogP contribution in [0.3, 0.4) is 0 Å². The van der Waals surface area contributed by atoms with Crippen molar-refractivity contribution in [3.8, 4) is 0 Å². The van der Waals surface area contributed by atoms with Gasteiger partial charge in [0.25, 0.3) is 0 Å². The molecule has 0 bridgehead atoms. The second-order valence-corrected chi connectivity index (χ2v) is 5.93. The molecule has 0 aliphatic heterocycles. The quantitative estimate of drug-likeness (QED) is 0.810. The molecule has 6 nitrogen and oxygen atoms in total. The average molecular weight is 290 g/mol. The van der Waals surface area contributed by atoms with Crippen molar-refractivity contribution in [1.82, 2.24) is 29.9 Å². The van der Waals surface area contributed by atoms with Crippen molar-refractivity contribution in [3.05, 3.63) is 30.1 Å². The lowest BCUT2D eigenvalue weighted by Crippen LogP contribution is -2.19. The second kappa shape index (κ2) is 7.36. The molecule has 0 fully saturated rings. The van der Waals surface area contributed by atoms with Gasteiger partial charge in [0.15, 0.2) is 5.82 Å². The molecule has 21 heavy (non-hydrogen) atoms. The van der Waals surface area contributed by atoms with Gasteiger partial charge in [-0.05, 0) is 31.9 Å². The fourth-order valence-electron chi connectivity index (χ4n) is 2.02. The Hall–Kier alpha value is -1.69. The van der Waals surface area contributed by atoms with Crippen molar-refractivity contribution in [3.63, 3.8) is 0 Å². The summed E-state index contributed by atoms with van der Waals surface area (Å²) < 4.78 is 3.85. The van der Waals surface area contributed by atoms with Crippen LogP contribution in [0.2, 0.25) is 0 Å². The maximum atomic E-state index is 4.58. The highest BCUT2D eigenvalue weighted by Gasteiger charge is 2.07. The lowest BCUT2D eigenvalue weighted by molar-refractivity contribution is 0.470. The minimum absolute atomic E-state index is 0.435. The summed E-state index contributed by atoms with van der Waals surface area (Å²) in [6.45, 7) is 11.1. The molecule has 1 atom stereocenters. The van der Waals surface area contributed by atoms with Crippen LogP contribution in [0.1, 0.15) is 51.7 Å². The zero-order valence-corrected chi connectivity index (χ0v) is 13.5. The molecular formula is C15H26N6. The normalized spacial score (nSPS) is 13.0. The molecule has 2 heterocycles. The summed E-state index contributed by atoms with van der Waals surface area (Å²) in [6.07, 6.45) is 4.89. The van der Waals surface area contributed by atoms with Crippen LogP contribution in [-0.4, -0.2) is 31.1 Å². The Morgan fingerprint density at radius 1 is 1.24 bits per heavy atom. The summed E-state index contributed by atoms with van der Waals surface area (Å²) >= 11 is 0. The summed E-state index contributed by atoms with van der Waals surface area (Å²) in [6, 6.07) is 2.48. The smallest absolute Gasteiger partial charge is 0.164 e. The first kappa shape index (κ1) is 15.7. The third kappa shape index (κ3) is 4.67. The van der Waals surface area contributed by atoms with Crippen LogP contribution >= 0.6 is 0 Å². The van der Waals surface area contributed by atoms with Gasteiger partial charge in [0.2, 0.25) is 0 Å². The molecule has 2 aromatic rings. The Balaban J connectivity index is 1.88. The highest BCUT2D eigenvalue weighted by atomic mass is 15.4. The number of rotatable bonds is 8. The summed E-state index contributed by atoms with van der Waals surface area (Å²) in [5.41, 5.74) is 1.02. The Labute approximate surface area is 126 Å². The third-order valence-electron chi connectivity index (χ3n) is 3.45. The SMILES string of the molecule is CCC(C)n1ccc(Cn2cnc(CNCC(C)C)n2)n1. The molecule has 116 valence electrons. The number of hydrogen-bond donors (Lipinski definition) is 1. The van der Waals surface area contributed by atoms with Gasteiger partial charge in [0.05, 0.1) is 18.8 Å². The van der Waals surface area contributed by atoms with Crippen LogP contribution in [-0.2, 0) is 13.1 Å². The van der Waals surface area contributed by atoms with Crippen molar-refractivity contribution in [2.45, 2.75) is 53.2 Å². The van der Waals surface area contributed by atoms with E-state index in [4.69, 9.17) is 0 Å². The Morgan fingerprint density at radius 3 is 2.76 bits per heavy atom. The standard InChI is InChI=1S/C15H26N6/c1-5-13(4)21-7-6-14(18-21)10-20-11-17-15(19-20)9-16-8-12(2)3/h6-7,11-13,16H,5,8-10H2,1-4H3. The van der Waals surface area contributed by atoms with E-state index in [1.54, 1.807) is 6.33 Å². The van der Waals surface area contributed by atoms with E-state index in [9.17, 15) is 0 Å². The maximum Gasteiger partial charge on any atom is 0.164 e. The predicted molar refractivity (Wildman–Crippen MR) is 82.9 cm³/mol. The second-order valence-electron chi connectivity index (χ2n) is 5.93. The van der Waals surface area contributed by atoms with E-state index in [2.05, 4.69) is 48.2 Å². The number of nitrogens with zero attached hydrogens (tertiary/aromatic N) is 5. The van der Waals surface area contributed by atoms with Gasteiger partial charge in [-0.2, -0.15) is 10.2 Å². The highest BCUT2D eigenvalue weighted by Crippen LogP contribution is 2.09. The van der Waals surface area contributed by atoms with Crippen molar-refractivity contribution in [2.24, 2.45) is 5.92 Å². The highest BCUT2D eigenvalue weighted by molar-refractivity contribution is 5.00. The molecule has 0 aliphatic rings.